The van der Waals surface area contributed by atoms with Crippen molar-refractivity contribution in [3.63, 3.8) is 0 Å². The van der Waals surface area contributed by atoms with Gasteiger partial charge in [0.05, 0.1) is 5.69 Å². The lowest BCUT2D eigenvalue weighted by Crippen LogP contribution is -2.17. The summed E-state index contributed by atoms with van der Waals surface area (Å²) in [4.78, 5) is 4.83. The zero-order chi connectivity index (χ0) is 40.9. The Balaban J connectivity index is 0.989. The van der Waals surface area contributed by atoms with Crippen molar-refractivity contribution < 1.29 is 0 Å². The lowest BCUT2D eigenvalue weighted by atomic mass is 9.82. The number of fused-ring (bicyclic) bond motifs is 5. The molecule has 11 rings (SSSR count). The Labute approximate surface area is 358 Å². The third-order valence-corrected chi connectivity index (χ3v) is 12.6. The first-order valence-corrected chi connectivity index (χ1v) is 21.2. The predicted molar refractivity (Wildman–Crippen MR) is 259 cm³/mol. The average Bonchev–Trinajstić information content (AvgIpc) is 3.54. The Morgan fingerprint density at radius 3 is 1.39 bits per heavy atom. The molecule has 0 heterocycles. The monoisotopic (exact) mass is 780 g/mol. The fraction of sp³-hybridized carbons (Fsp3) is 0.0508. The topological polar surface area (TPSA) is 6.48 Å². The van der Waals surface area contributed by atoms with Crippen molar-refractivity contribution in [3.05, 3.63) is 242 Å². The molecule has 0 bridgehead atoms. The molecule has 290 valence electrons. The van der Waals surface area contributed by atoms with Crippen LogP contribution in [0.3, 0.4) is 0 Å². The van der Waals surface area contributed by atoms with Crippen molar-refractivity contribution >= 4 is 55.7 Å². The molecule has 0 aromatic heterocycles. The molecule has 1 aliphatic carbocycles. The van der Waals surface area contributed by atoms with E-state index in [0.29, 0.717) is 0 Å². The van der Waals surface area contributed by atoms with Crippen molar-refractivity contribution in [2.75, 3.05) is 9.80 Å². The molecule has 0 saturated heterocycles. The highest BCUT2D eigenvalue weighted by molar-refractivity contribution is 5.99. The van der Waals surface area contributed by atoms with Gasteiger partial charge in [-0.1, -0.05) is 178 Å². The Hall–Kier alpha value is -7.68. The largest absolute Gasteiger partial charge is 0.310 e. The molecule has 0 spiro atoms. The van der Waals surface area contributed by atoms with Gasteiger partial charge in [0, 0.05) is 39.2 Å². The third-order valence-electron chi connectivity index (χ3n) is 12.6. The smallest absolute Gasteiger partial charge is 0.0540 e. The highest BCUT2D eigenvalue weighted by Gasteiger charge is 2.37. The first kappa shape index (κ1) is 36.4. The summed E-state index contributed by atoms with van der Waals surface area (Å²) in [6, 6.07) is 84.1. The molecule has 0 radical (unpaired) electrons. The second-order valence-electron chi connectivity index (χ2n) is 16.6. The van der Waals surface area contributed by atoms with Gasteiger partial charge in [0.1, 0.15) is 0 Å². The Morgan fingerprint density at radius 1 is 0.295 bits per heavy atom. The van der Waals surface area contributed by atoms with Crippen LogP contribution < -0.4 is 9.80 Å². The van der Waals surface area contributed by atoms with E-state index in [2.05, 4.69) is 254 Å². The van der Waals surface area contributed by atoms with Crippen molar-refractivity contribution in [2.45, 2.75) is 19.3 Å². The van der Waals surface area contributed by atoms with Gasteiger partial charge in [-0.2, -0.15) is 0 Å². The Kier molecular flexibility index (Phi) is 8.86. The Morgan fingerprint density at radius 2 is 0.738 bits per heavy atom. The highest BCUT2D eigenvalue weighted by atomic mass is 15.1. The molecule has 0 aliphatic heterocycles. The van der Waals surface area contributed by atoms with Gasteiger partial charge in [0.15, 0.2) is 0 Å². The SMILES string of the molecule is CC1(C)c2cc(N(c3ccc(-c4ccc(-c5ccccc5)cc4)cc3)c3ccc4ccccc4c3)ccc2-c2ccc(N(c3ccccc3)c3cccc4ccccc34)cc21. The first-order chi connectivity index (χ1) is 30.0. The van der Waals surface area contributed by atoms with Gasteiger partial charge in [-0.25, -0.2) is 0 Å². The van der Waals surface area contributed by atoms with Gasteiger partial charge >= 0.3 is 0 Å². The molecule has 61 heavy (non-hydrogen) atoms. The first-order valence-electron chi connectivity index (χ1n) is 21.2. The van der Waals surface area contributed by atoms with Gasteiger partial charge in [0.25, 0.3) is 0 Å². The van der Waals surface area contributed by atoms with E-state index in [0.717, 1.165) is 28.4 Å². The van der Waals surface area contributed by atoms with Crippen molar-refractivity contribution in [3.8, 4) is 33.4 Å². The number of hydrogen-bond acceptors (Lipinski definition) is 2. The van der Waals surface area contributed by atoms with E-state index in [-0.39, 0.29) is 5.41 Å². The maximum atomic E-state index is 2.43. The van der Waals surface area contributed by atoms with E-state index < -0.39 is 0 Å². The molecule has 0 unspecified atom stereocenters. The number of nitrogens with zero attached hydrogens (tertiary/aromatic N) is 2. The molecule has 1 aliphatic rings. The molecule has 0 saturated carbocycles. The summed E-state index contributed by atoms with van der Waals surface area (Å²) in [5, 5.41) is 4.90. The summed E-state index contributed by atoms with van der Waals surface area (Å²) < 4.78 is 0. The zero-order valence-electron chi connectivity index (χ0n) is 34.3. The molecule has 0 N–H and O–H groups in total. The van der Waals surface area contributed by atoms with Crippen LogP contribution in [0, 0.1) is 0 Å². The van der Waals surface area contributed by atoms with Crippen LogP contribution in [-0.4, -0.2) is 0 Å². The summed E-state index contributed by atoms with van der Waals surface area (Å²) in [6.07, 6.45) is 0. The summed E-state index contributed by atoms with van der Waals surface area (Å²) >= 11 is 0. The summed E-state index contributed by atoms with van der Waals surface area (Å²) in [6.45, 7) is 4.77. The van der Waals surface area contributed by atoms with Crippen LogP contribution in [0.2, 0.25) is 0 Å². The minimum Gasteiger partial charge on any atom is -0.310 e. The number of para-hydroxylation sites is 1. The molecular weight excluding hydrogens is 737 g/mol. The molecule has 2 nitrogen and oxygen atoms in total. The summed E-state index contributed by atoms with van der Waals surface area (Å²) in [5.74, 6) is 0. The molecular formula is C59H44N2. The molecule has 2 heteroatoms. The van der Waals surface area contributed by atoms with Crippen LogP contribution in [0.5, 0.6) is 0 Å². The van der Waals surface area contributed by atoms with E-state index in [4.69, 9.17) is 0 Å². The predicted octanol–water partition coefficient (Wildman–Crippen LogP) is 16.6. The van der Waals surface area contributed by atoms with E-state index >= 15 is 0 Å². The second kappa shape index (κ2) is 14.9. The zero-order valence-corrected chi connectivity index (χ0v) is 34.3. The normalized spacial score (nSPS) is 12.6. The van der Waals surface area contributed by atoms with Gasteiger partial charge in [-0.3, -0.25) is 0 Å². The number of hydrogen-bond donors (Lipinski definition) is 0. The second-order valence-corrected chi connectivity index (χ2v) is 16.6. The maximum Gasteiger partial charge on any atom is 0.0540 e. The van der Waals surface area contributed by atoms with Crippen LogP contribution in [0.4, 0.5) is 34.1 Å². The highest BCUT2D eigenvalue weighted by Crippen LogP contribution is 2.53. The minimum absolute atomic E-state index is 0.247. The average molecular weight is 781 g/mol. The maximum absolute atomic E-state index is 2.43. The molecule has 0 fully saturated rings. The van der Waals surface area contributed by atoms with Crippen LogP contribution in [-0.2, 0) is 5.41 Å². The molecule has 0 amide bonds. The number of anilines is 6. The van der Waals surface area contributed by atoms with Crippen LogP contribution in [0.1, 0.15) is 25.0 Å². The van der Waals surface area contributed by atoms with E-state index in [1.807, 2.05) is 0 Å². The lowest BCUT2D eigenvalue weighted by Gasteiger charge is -2.29. The van der Waals surface area contributed by atoms with Crippen molar-refractivity contribution in [1.29, 1.82) is 0 Å². The lowest BCUT2D eigenvalue weighted by molar-refractivity contribution is 0.660. The van der Waals surface area contributed by atoms with E-state index in [1.54, 1.807) is 0 Å². The molecule has 10 aromatic rings. The standard InChI is InChI=1S/C59H44N2/c1-59(2)56-39-51(34-36-54(56)55-37-35-52(40-57(55)59)61(48-20-7-4-8-21-48)58-23-13-19-46-17-11-12-22-53(46)58)60(50-33-30-42-16-9-10-18-47(42)38-50)49-31-28-45(29-32-49)44-26-24-43(25-27-44)41-14-5-3-6-15-41/h3-40H,1-2H3. The fourth-order valence-corrected chi connectivity index (χ4v) is 9.45. The Bertz CT molecular complexity index is 3200. The summed E-state index contributed by atoms with van der Waals surface area (Å²) in [5.41, 5.74) is 16.7. The fourth-order valence-electron chi connectivity index (χ4n) is 9.45. The van der Waals surface area contributed by atoms with Crippen LogP contribution in [0.25, 0.3) is 54.9 Å². The molecule has 0 atom stereocenters. The minimum atomic E-state index is -0.247. The van der Waals surface area contributed by atoms with Gasteiger partial charge < -0.3 is 9.80 Å². The molecule has 10 aromatic carbocycles. The van der Waals surface area contributed by atoms with Gasteiger partial charge in [-0.05, 0) is 127 Å². The van der Waals surface area contributed by atoms with E-state index in [9.17, 15) is 0 Å². The van der Waals surface area contributed by atoms with E-state index in [1.165, 1.54) is 71.7 Å². The van der Waals surface area contributed by atoms with Crippen LogP contribution >= 0.6 is 0 Å². The quantitative estimate of drug-likeness (QED) is 0.152. The van der Waals surface area contributed by atoms with Crippen LogP contribution in [0.15, 0.2) is 231 Å². The van der Waals surface area contributed by atoms with Gasteiger partial charge in [0.2, 0.25) is 0 Å². The summed E-state index contributed by atoms with van der Waals surface area (Å²) in [7, 11) is 0. The third kappa shape index (κ3) is 6.45. The number of benzene rings is 10. The van der Waals surface area contributed by atoms with Gasteiger partial charge in [-0.15, -0.1) is 0 Å². The van der Waals surface area contributed by atoms with Crippen molar-refractivity contribution in [1.82, 2.24) is 0 Å². The van der Waals surface area contributed by atoms with Crippen molar-refractivity contribution in [2.24, 2.45) is 0 Å². The number of rotatable bonds is 8.